The number of unbranched alkanes of at least 4 members (excludes halogenated alkanes) is 1. The molecule has 0 saturated carbocycles. The van der Waals surface area contributed by atoms with Crippen molar-refractivity contribution in [3.63, 3.8) is 0 Å². The van der Waals surface area contributed by atoms with Gasteiger partial charge in [0, 0.05) is 25.5 Å². The lowest BCUT2D eigenvalue weighted by atomic mass is 9.91. The molecule has 5 nitrogen and oxygen atoms in total. The van der Waals surface area contributed by atoms with E-state index < -0.39 is 5.60 Å². The molecule has 0 bridgehead atoms. The molecule has 0 rings (SSSR count). The first-order chi connectivity index (χ1) is 11.8. The van der Waals surface area contributed by atoms with Crippen molar-refractivity contribution >= 4 is 33.6 Å². The van der Waals surface area contributed by atoms with Crippen LogP contribution in [0.25, 0.3) is 0 Å². The van der Waals surface area contributed by atoms with E-state index in [2.05, 4.69) is 42.0 Å². The molecule has 0 radical (unpaired) electrons. The standard InChI is InChI=1S/C20H34BrNO4/c1-19(2,3)12-9-13-22-17(24)14-15(21)16(23)10-7-8-11-18(25)26-20(4,5)6/h14H,7-13H2,1-6H3,(H,22,24)/b15-14-. The molecule has 0 aliphatic rings. The molecule has 0 aliphatic heterocycles. The molecule has 0 heterocycles. The van der Waals surface area contributed by atoms with Gasteiger partial charge in [-0.15, -0.1) is 0 Å². The average Bonchev–Trinajstić information content (AvgIpc) is 2.45. The molecule has 150 valence electrons. The number of hydrogen-bond acceptors (Lipinski definition) is 4. The zero-order valence-electron chi connectivity index (χ0n) is 17.0. The van der Waals surface area contributed by atoms with Crippen LogP contribution in [0.1, 0.15) is 80.1 Å². The van der Waals surface area contributed by atoms with Crippen LogP contribution in [0.3, 0.4) is 0 Å². The molecule has 0 aromatic carbocycles. The molecule has 0 aromatic heterocycles. The number of carbonyl (C=O) groups is 3. The Labute approximate surface area is 166 Å². The minimum absolute atomic E-state index is 0.140. The summed E-state index contributed by atoms with van der Waals surface area (Å²) in [4.78, 5) is 35.4. The Kier molecular flexibility index (Phi) is 11.0. The third-order valence-electron chi connectivity index (χ3n) is 3.38. The van der Waals surface area contributed by atoms with Gasteiger partial charge in [-0.3, -0.25) is 14.4 Å². The molecular formula is C20H34BrNO4. The summed E-state index contributed by atoms with van der Waals surface area (Å²) in [6, 6.07) is 0. The first-order valence-electron chi connectivity index (χ1n) is 9.20. The summed E-state index contributed by atoms with van der Waals surface area (Å²) in [5, 5.41) is 2.79. The number of ether oxygens (including phenoxy) is 1. The summed E-state index contributed by atoms with van der Waals surface area (Å²) in [6.45, 7) is 12.5. The lowest BCUT2D eigenvalue weighted by molar-refractivity contribution is -0.155. The summed E-state index contributed by atoms with van der Waals surface area (Å²) in [5.41, 5.74) is -0.241. The molecule has 1 amide bonds. The van der Waals surface area contributed by atoms with Crippen molar-refractivity contribution in [2.75, 3.05) is 6.54 Å². The van der Waals surface area contributed by atoms with Crippen LogP contribution in [0, 0.1) is 5.41 Å². The van der Waals surface area contributed by atoms with Gasteiger partial charge >= 0.3 is 5.97 Å². The van der Waals surface area contributed by atoms with Crippen LogP contribution in [0.5, 0.6) is 0 Å². The van der Waals surface area contributed by atoms with Gasteiger partial charge in [0.1, 0.15) is 5.60 Å². The predicted octanol–water partition coefficient (Wildman–Crippen LogP) is 4.68. The Morgan fingerprint density at radius 3 is 2.08 bits per heavy atom. The van der Waals surface area contributed by atoms with Crippen molar-refractivity contribution in [2.45, 2.75) is 85.7 Å². The van der Waals surface area contributed by atoms with E-state index in [9.17, 15) is 14.4 Å². The highest BCUT2D eigenvalue weighted by atomic mass is 79.9. The minimum atomic E-state index is -0.487. The van der Waals surface area contributed by atoms with Gasteiger partial charge in [-0.05, 0) is 67.8 Å². The van der Waals surface area contributed by atoms with E-state index >= 15 is 0 Å². The van der Waals surface area contributed by atoms with E-state index in [1.54, 1.807) is 0 Å². The van der Waals surface area contributed by atoms with Crippen LogP contribution in [-0.2, 0) is 19.1 Å². The fourth-order valence-electron chi connectivity index (χ4n) is 2.14. The molecule has 0 unspecified atom stereocenters. The molecule has 0 saturated heterocycles. The van der Waals surface area contributed by atoms with Crippen LogP contribution in [0.15, 0.2) is 10.6 Å². The number of allylic oxidation sites excluding steroid dienone is 1. The fraction of sp³-hybridized carbons (Fsp3) is 0.750. The van der Waals surface area contributed by atoms with E-state index in [0.29, 0.717) is 25.8 Å². The smallest absolute Gasteiger partial charge is 0.306 e. The normalized spacial score (nSPS) is 12.7. The fourth-order valence-corrected chi connectivity index (χ4v) is 2.55. The Morgan fingerprint density at radius 1 is 0.962 bits per heavy atom. The summed E-state index contributed by atoms with van der Waals surface area (Å²) >= 11 is 3.16. The molecule has 0 fully saturated rings. The van der Waals surface area contributed by atoms with E-state index in [1.807, 2.05) is 20.8 Å². The van der Waals surface area contributed by atoms with Gasteiger partial charge in [-0.1, -0.05) is 20.8 Å². The quantitative estimate of drug-likeness (QED) is 0.309. The molecule has 0 atom stereocenters. The number of nitrogens with one attached hydrogen (secondary N) is 1. The Bertz CT molecular complexity index is 513. The second-order valence-electron chi connectivity index (χ2n) is 8.66. The molecular weight excluding hydrogens is 398 g/mol. The van der Waals surface area contributed by atoms with Gasteiger partial charge in [0.15, 0.2) is 5.78 Å². The van der Waals surface area contributed by atoms with Crippen molar-refractivity contribution in [1.82, 2.24) is 5.32 Å². The van der Waals surface area contributed by atoms with Crippen molar-refractivity contribution in [1.29, 1.82) is 0 Å². The highest BCUT2D eigenvalue weighted by Gasteiger charge is 2.16. The molecule has 6 heteroatoms. The molecule has 0 spiro atoms. The molecule has 26 heavy (non-hydrogen) atoms. The van der Waals surface area contributed by atoms with Crippen LogP contribution in [-0.4, -0.2) is 29.8 Å². The minimum Gasteiger partial charge on any atom is -0.460 e. The first kappa shape index (κ1) is 24.8. The third-order valence-corrected chi connectivity index (χ3v) is 4.05. The van der Waals surface area contributed by atoms with Gasteiger partial charge < -0.3 is 10.1 Å². The number of ketones is 1. The zero-order valence-corrected chi connectivity index (χ0v) is 18.6. The highest BCUT2D eigenvalue weighted by molar-refractivity contribution is 9.12. The maximum atomic E-state index is 12.0. The average molecular weight is 432 g/mol. The lowest BCUT2D eigenvalue weighted by Gasteiger charge is -2.19. The van der Waals surface area contributed by atoms with E-state index in [0.717, 1.165) is 12.8 Å². The van der Waals surface area contributed by atoms with Crippen LogP contribution in [0.2, 0.25) is 0 Å². The zero-order chi connectivity index (χ0) is 20.4. The summed E-state index contributed by atoms with van der Waals surface area (Å²) < 4.78 is 5.48. The first-order valence-corrected chi connectivity index (χ1v) is 9.99. The molecule has 0 aliphatic carbocycles. The second kappa shape index (κ2) is 11.5. The van der Waals surface area contributed by atoms with Crippen LogP contribution < -0.4 is 5.32 Å². The third kappa shape index (κ3) is 15.1. The van der Waals surface area contributed by atoms with E-state index in [-0.39, 0.29) is 34.0 Å². The predicted molar refractivity (Wildman–Crippen MR) is 108 cm³/mol. The van der Waals surface area contributed by atoms with Gasteiger partial charge in [0.25, 0.3) is 0 Å². The van der Waals surface area contributed by atoms with Gasteiger partial charge in [-0.2, -0.15) is 0 Å². The number of halogens is 1. The number of Topliss-reactive ketones (excluding diaryl/α,β-unsaturated/α-hetero) is 1. The Morgan fingerprint density at radius 2 is 1.54 bits per heavy atom. The largest absolute Gasteiger partial charge is 0.460 e. The SMILES string of the molecule is CC(C)(C)CCCNC(=O)/C=C(\Br)C(=O)CCCCC(=O)OC(C)(C)C. The number of esters is 1. The molecule has 0 aromatic rings. The van der Waals surface area contributed by atoms with Gasteiger partial charge in [0.05, 0.1) is 4.48 Å². The van der Waals surface area contributed by atoms with Crippen molar-refractivity contribution in [3.05, 3.63) is 10.6 Å². The topological polar surface area (TPSA) is 72.5 Å². The van der Waals surface area contributed by atoms with Crippen molar-refractivity contribution in [2.24, 2.45) is 5.41 Å². The number of rotatable bonds is 10. The maximum Gasteiger partial charge on any atom is 0.306 e. The number of carbonyl (C=O) groups excluding carboxylic acids is 3. The highest BCUT2D eigenvalue weighted by Crippen LogP contribution is 2.19. The summed E-state index contributed by atoms with van der Waals surface area (Å²) in [5.74, 6) is -0.666. The van der Waals surface area contributed by atoms with Gasteiger partial charge in [-0.25, -0.2) is 0 Å². The summed E-state index contributed by atoms with van der Waals surface area (Å²) in [7, 11) is 0. The number of hydrogen-bond donors (Lipinski definition) is 1. The van der Waals surface area contributed by atoms with Crippen molar-refractivity contribution < 1.29 is 19.1 Å². The van der Waals surface area contributed by atoms with Crippen LogP contribution in [0.4, 0.5) is 0 Å². The second-order valence-corrected chi connectivity index (χ2v) is 9.52. The van der Waals surface area contributed by atoms with Crippen molar-refractivity contribution in [3.8, 4) is 0 Å². The molecule has 1 N–H and O–H groups in total. The monoisotopic (exact) mass is 431 g/mol. The summed E-state index contributed by atoms with van der Waals surface area (Å²) in [6.07, 6.45) is 4.95. The van der Waals surface area contributed by atoms with E-state index in [4.69, 9.17) is 4.74 Å². The number of amides is 1. The van der Waals surface area contributed by atoms with Crippen LogP contribution >= 0.6 is 15.9 Å². The van der Waals surface area contributed by atoms with E-state index in [1.165, 1.54) is 6.08 Å². The van der Waals surface area contributed by atoms with Gasteiger partial charge in [0.2, 0.25) is 5.91 Å². The maximum absolute atomic E-state index is 12.0. The lowest BCUT2D eigenvalue weighted by Crippen LogP contribution is -2.24. The Balaban J connectivity index is 4.05. The Hall–Kier alpha value is -1.17.